The molecular weight excluding hydrogens is 248 g/mol. The molecule has 0 saturated heterocycles. The van der Waals surface area contributed by atoms with Crippen LogP contribution in [0.3, 0.4) is 0 Å². The molecule has 0 N–H and O–H groups in total. The van der Waals surface area contributed by atoms with E-state index in [2.05, 4.69) is 39.7 Å². The summed E-state index contributed by atoms with van der Waals surface area (Å²) >= 11 is 5.09. The first kappa shape index (κ1) is 9.09. The number of hydrogen-bond acceptors (Lipinski definition) is 3. The van der Waals surface area contributed by atoms with Gasteiger partial charge in [0.05, 0.1) is 3.79 Å². The van der Waals surface area contributed by atoms with Crippen molar-refractivity contribution >= 4 is 37.5 Å². The lowest BCUT2D eigenvalue weighted by Gasteiger charge is -2.00. The third kappa shape index (κ3) is 1.74. The molecule has 4 heteroatoms. The number of fused-ring (bicyclic) bond motifs is 1. The summed E-state index contributed by atoms with van der Waals surface area (Å²) in [6.45, 7) is 4.20. The number of rotatable bonds is 1. The van der Waals surface area contributed by atoms with E-state index in [1.165, 1.54) is 0 Å². The third-order valence-corrected chi connectivity index (χ3v) is 3.33. The molecule has 2 aromatic rings. The molecule has 2 nitrogen and oxygen atoms in total. The zero-order valence-corrected chi connectivity index (χ0v) is 9.82. The summed E-state index contributed by atoms with van der Waals surface area (Å²) in [4.78, 5) is 9.83. The molecule has 0 radical (unpaired) electrons. The van der Waals surface area contributed by atoms with E-state index in [0.29, 0.717) is 5.92 Å². The lowest BCUT2D eigenvalue weighted by atomic mass is 10.2. The van der Waals surface area contributed by atoms with E-state index in [1.54, 1.807) is 11.3 Å². The van der Waals surface area contributed by atoms with E-state index in [0.717, 1.165) is 19.8 Å². The summed E-state index contributed by atoms with van der Waals surface area (Å²) in [6, 6.07) is 2.05. The molecule has 2 heterocycles. The highest BCUT2D eigenvalue weighted by Crippen LogP contribution is 2.28. The summed E-state index contributed by atoms with van der Waals surface area (Å²) < 4.78 is 1.11. The van der Waals surface area contributed by atoms with Crippen molar-refractivity contribution in [1.82, 2.24) is 9.97 Å². The number of hydrogen-bond donors (Lipinski definition) is 0. The van der Waals surface area contributed by atoms with Crippen LogP contribution in [0.15, 0.2) is 16.0 Å². The lowest BCUT2D eigenvalue weighted by Crippen LogP contribution is -1.95. The van der Waals surface area contributed by atoms with Gasteiger partial charge in [0.1, 0.15) is 10.7 Å². The van der Waals surface area contributed by atoms with Gasteiger partial charge in [0.25, 0.3) is 0 Å². The fourth-order valence-corrected chi connectivity index (χ4v) is 2.54. The van der Waals surface area contributed by atoms with Crippen LogP contribution in [0, 0.1) is 0 Å². The highest BCUT2D eigenvalue weighted by atomic mass is 79.9. The molecule has 0 aromatic carbocycles. The van der Waals surface area contributed by atoms with Crippen molar-refractivity contribution in [3.05, 3.63) is 21.9 Å². The number of nitrogens with zero attached hydrogens (tertiary/aromatic N) is 2. The molecule has 0 unspecified atom stereocenters. The highest BCUT2D eigenvalue weighted by Gasteiger charge is 2.06. The van der Waals surface area contributed by atoms with Gasteiger partial charge < -0.3 is 0 Å². The van der Waals surface area contributed by atoms with Crippen LogP contribution in [0.2, 0.25) is 0 Å². The molecule has 0 spiro atoms. The average Bonchev–Trinajstić information content (AvgIpc) is 2.42. The molecule has 0 saturated carbocycles. The monoisotopic (exact) mass is 256 g/mol. The van der Waals surface area contributed by atoms with Crippen molar-refractivity contribution in [1.29, 1.82) is 0 Å². The Bertz CT molecular complexity index is 436. The lowest BCUT2D eigenvalue weighted by molar-refractivity contribution is 0.784. The normalized spacial score (nSPS) is 11.4. The Kier molecular flexibility index (Phi) is 2.34. The first-order valence-corrected chi connectivity index (χ1v) is 5.70. The fourth-order valence-electron chi connectivity index (χ4n) is 1.09. The van der Waals surface area contributed by atoms with Gasteiger partial charge in [-0.25, -0.2) is 9.97 Å². The molecule has 0 aliphatic rings. The Labute approximate surface area is 89.2 Å². The molecule has 2 rings (SSSR count). The van der Waals surface area contributed by atoms with Gasteiger partial charge in [-0.3, -0.25) is 0 Å². The molecule has 13 heavy (non-hydrogen) atoms. The SMILES string of the molecule is CC(C)c1ncc2cc(Br)sc2n1. The molecule has 0 aliphatic heterocycles. The van der Waals surface area contributed by atoms with Gasteiger partial charge in [0.15, 0.2) is 0 Å². The standard InChI is InChI=1S/C9H9BrN2S/c1-5(2)8-11-4-6-3-7(10)13-9(6)12-8/h3-5H,1-2H3. The number of aromatic nitrogens is 2. The van der Waals surface area contributed by atoms with Crippen molar-refractivity contribution in [2.24, 2.45) is 0 Å². The second-order valence-electron chi connectivity index (χ2n) is 3.19. The van der Waals surface area contributed by atoms with Crippen LogP contribution in [0.25, 0.3) is 10.2 Å². The van der Waals surface area contributed by atoms with Crippen LogP contribution in [-0.2, 0) is 0 Å². The van der Waals surface area contributed by atoms with E-state index < -0.39 is 0 Å². The summed E-state index contributed by atoms with van der Waals surface area (Å²) in [5.74, 6) is 1.31. The minimum absolute atomic E-state index is 0.394. The van der Waals surface area contributed by atoms with Crippen molar-refractivity contribution in [2.45, 2.75) is 19.8 Å². The molecule has 0 amide bonds. The van der Waals surface area contributed by atoms with Crippen molar-refractivity contribution < 1.29 is 0 Å². The largest absolute Gasteiger partial charge is 0.240 e. The van der Waals surface area contributed by atoms with E-state index in [-0.39, 0.29) is 0 Å². The highest BCUT2D eigenvalue weighted by molar-refractivity contribution is 9.11. The van der Waals surface area contributed by atoms with Gasteiger partial charge in [-0.05, 0) is 22.0 Å². The molecule has 0 bridgehead atoms. The van der Waals surface area contributed by atoms with Gasteiger partial charge in [0.2, 0.25) is 0 Å². The maximum absolute atomic E-state index is 4.47. The Hall–Kier alpha value is -0.480. The van der Waals surface area contributed by atoms with Crippen molar-refractivity contribution in [3.8, 4) is 0 Å². The Morgan fingerprint density at radius 3 is 2.92 bits per heavy atom. The third-order valence-electron chi connectivity index (χ3n) is 1.78. The smallest absolute Gasteiger partial charge is 0.132 e. The Balaban J connectivity index is 2.61. The van der Waals surface area contributed by atoms with Gasteiger partial charge in [0, 0.05) is 17.5 Å². The van der Waals surface area contributed by atoms with Crippen molar-refractivity contribution in [2.75, 3.05) is 0 Å². The second kappa shape index (κ2) is 3.35. The summed E-state index contributed by atoms with van der Waals surface area (Å²) in [5, 5.41) is 1.11. The van der Waals surface area contributed by atoms with Gasteiger partial charge in [-0.1, -0.05) is 13.8 Å². The zero-order chi connectivity index (χ0) is 9.42. The maximum Gasteiger partial charge on any atom is 0.132 e. The topological polar surface area (TPSA) is 25.8 Å². The first-order chi connectivity index (χ1) is 6.16. The van der Waals surface area contributed by atoms with Crippen LogP contribution in [0.4, 0.5) is 0 Å². The maximum atomic E-state index is 4.47. The molecule has 2 aromatic heterocycles. The second-order valence-corrected chi connectivity index (χ2v) is 5.60. The van der Waals surface area contributed by atoms with Crippen LogP contribution in [0.5, 0.6) is 0 Å². The van der Waals surface area contributed by atoms with Crippen LogP contribution in [0.1, 0.15) is 25.6 Å². The zero-order valence-electron chi connectivity index (χ0n) is 7.41. The van der Waals surface area contributed by atoms with Crippen molar-refractivity contribution in [3.63, 3.8) is 0 Å². The average molecular weight is 257 g/mol. The summed E-state index contributed by atoms with van der Waals surface area (Å²) in [5.41, 5.74) is 0. The fraction of sp³-hybridized carbons (Fsp3) is 0.333. The molecule has 0 atom stereocenters. The quantitative estimate of drug-likeness (QED) is 0.780. The predicted octanol–water partition coefficient (Wildman–Crippen LogP) is 3.58. The minimum atomic E-state index is 0.394. The molecule has 0 fully saturated rings. The minimum Gasteiger partial charge on any atom is -0.240 e. The van der Waals surface area contributed by atoms with Crippen LogP contribution >= 0.6 is 27.3 Å². The number of thiophene rings is 1. The van der Waals surface area contributed by atoms with Gasteiger partial charge >= 0.3 is 0 Å². The summed E-state index contributed by atoms with van der Waals surface area (Å²) in [7, 11) is 0. The Morgan fingerprint density at radius 2 is 2.23 bits per heavy atom. The molecular formula is C9H9BrN2S. The Morgan fingerprint density at radius 1 is 1.46 bits per heavy atom. The summed E-state index contributed by atoms with van der Waals surface area (Å²) in [6.07, 6.45) is 1.89. The first-order valence-electron chi connectivity index (χ1n) is 4.09. The van der Waals surface area contributed by atoms with Gasteiger partial charge in [-0.2, -0.15) is 0 Å². The van der Waals surface area contributed by atoms with E-state index in [9.17, 15) is 0 Å². The van der Waals surface area contributed by atoms with Crippen LogP contribution in [-0.4, -0.2) is 9.97 Å². The van der Waals surface area contributed by atoms with E-state index in [4.69, 9.17) is 0 Å². The molecule has 0 aliphatic carbocycles. The van der Waals surface area contributed by atoms with E-state index >= 15 is 0 Å². The van der Waals surface area contributed by atoms with Crippen LogP contribution < -0.4 is 0 Å². The molecule has 68 valence electrons. The predicted molar refractivity (Wildman–Crippen MR) is 59.2 cm³/mol. The van der Waals surface area contributed by atoms with Gasteiger partial charge in [-0.15, -0.1) is 11.3 Å². The number of halogens is 1. The van der Waals surface area contributed by atoms with E-state index in [1.807, 2.05) is 12.3 Å².